The van der Waals surface area contributed by atoms with Crippen molar-refractivity contribution in [2.24, 2.45) is 17.8 Å². The molecule has 0 aromatic carbocycles. The fourth-order valence-electron chi connectivity index (χ4n) is 3.31. The van der Waals surface area contributed by atoms with Crippen molar-refractivity contribution in [3.05, 3.63) is 0 Å². The first kappa shape index (κ1) is 14.8. The van der Waals surface area contributed by atoms with E-state index in [1.165, 1.54) is 6.92 Å². The molecule has 0 aromatic rings. The maximum Gasteiger partial charge on any atom is 0.307 e. The zero-order valence-electron chi connectivity index (χ0n) is 12.0. The van der Waals surface area contributed by atoms with Crippen LogP contribution in [0, 0.1) is 17.8 Å². The van der Waals surface area contributed by atoms with Crippen molar-refractivity contribution in [3.63, 3.8) is 0 Å². The number of rotatable bonds is 2. The predicted octanol–water partition coefficient (Wildman–Crippen LogP) is 0.424. The van der Waals surface area contributed by atoms with E-state index < -0.39 is 17.8 Å². The number of carboxylic acids is 1. The second-order valence-corrected chi connectivity index (χ2v) is 5.96. The molecule has 6 heteroatoms. The SMILES string of the molecule is CC(=O)N1CCN(C(=O)C2CC(C)CC2C(=O)O)CC1. The summed E-state index contributed by atoms with van der Waals surface area (Å²) in [6, 6.07) is 0. The highest BCUT2D eigenvalue weighted by molar-refractivity contribution is 5.85. The molecule has 2 aliphatic rings. The van der Waals surface area contributed by atoms with Gasteiger partial charge < -0.3 is 14.9 Å². The molecule has 1 heterocycles. The van der Waals surface area contributed by atoms with Crippen molar-refractivity contribution in [2.75, 3.05) is 26.2 Å². The van der Waals surface area contributed by atoms with E-state index in [1.54, 1.807) is 9.80 Å². The summed E-state index contributed by atoms with van der Waals surface area (Å²) in [7, 11) is 0. The molecule has 0 spiro atoms. The molecule has 3 unspecified atom stereocenters. The van der Waals surface area contributed by atoms with E-state index in [9.17, 15) is 19.5 Å². The Hall–Kier alpha value is -1.59. The molecule has 0 radical (unpaired) electrons. The quantitative estimate of drug-likeness (QED) is 0.796. The van der Waals surface area contributed by atoms with Gasteiger partial charge >= 0.3 is 5.97 Å². The van der Waals surface area contributed by atoms with Crippen LogP contribution in [-0.4, -0.2) is 58.9 Å². The topological polar surface area (TPSA) is 77.9 Å². The number of hydrogen-bond acceptors (Lipinski definition) is 3. The Labute approximate surface area is 118 Å². The van der Waals surface area contributed by atoms with Gasteiger partial charge in [0.2, 0.25) is 11.8 Å². The van der Waals surface area contributed by atoms with Crippen LogP contribution in [0.3, 0.4) is 0 Å². The molecular weight excluding hydrogens is 260 g/mol. The van der Waals surface area contributed by atoms with Crippen LogP contribution >= 0.6 is 0 Å². The first-order valence-electron chi connectivity index (χ1n) is 7.17. The molecular formula is C14H22N2O4. The van der Waals surface area contributed by atoms with E-state index in [0.29, 0.717) is 39.0 Å². The van der Waals surface area contributed by atoms with E-state index in [2.05, 4.69) is 0 Å². The number of piperazine rings is 1. The van der Waals surface area contributed by atoms with Crippen LogP contribution in [0.2, 0.25) is 0 Å². The lowest BCUT2D eigenvalue weighted by Gasteiger charge is -2.36. The smallest absolute Gasteiger partial charge is 0.307 e. The van der Waals surface area contributed by atoms with Crippen LogP contribution in [0.5, 0.6) is 0 Å². The summed E-state index contributed by atoms with van der Waals surface area (Å²) in [6.07, 6.45) is 1.24. The van der Waals surface area contributed by atoms with Crippen LogP contribution in [0.1, 0.15) is 26.7 Å². The van der Waals surface area contributed by atoms with E-state index in [1.807, 2.05) is 6.92 Å². The summed E-state index contributed by atoms with van der Waals surface area (Å²) in [5.74, 6) is -1.56. The Kier molecular flexibility index (Phi) is 4.30. The number of hydrogen-bond donors (Lipinski definition) is 1. The molecule has 3 atom stereocenters. The molecule has 1 saturated heterocycles. The maximum absolute atomic E-state index is 12.5. The lowest BCUT2D eigenvalue weighted by Crippen LogP contribution is -2.52. The molecule has 20 heavy (non-hydrogen) atoms. The van der Waals surface area contributed by atoms with Gasteiger partial charge in [-0.15, -0.1) is 0 Å². The minimum atomic E-state index is -0.866. The number of carbonyl (C=O) groups is 3. The summed E-state index contributed by atoms with van der Waals surface area (Å²) < 4.78 is 0. The van der Waals surface area contributed by atoms with Crippen molar-refractivity contribution < 1.29 is 19.5 Å². The van der Waals surface area contributed by atoms with Gasteiger partial charge in [0.05, 0.1) is 11.8 Å². The van der Waals surface area contributed by atoms with Gasteiger partial charge in [-0.05, 0) is 18.8 Å². The minimum absolute atomic E-state index is 0.0231. The molecule has 1 aliphatic heterocycles. The van der Waals surface area contributed by atoms with Crippen LogP contribution in [0.25, 0.3) is 0 Å². The molecule has 2 fully saturated rings. The Bertz CT molecular complexity index is 415. The Balaban J connectivity index is 1.98. The molecule has 0 aromatic heterocycles. The molecule has 0 bridgehead atoms. The Morgan fingerprint density at radius 2 is 1.45 bits per heavy atom. The molecule has 6 nitrogen and oxygen atoms in total. The highest BCUT2D eigenvalue weighted by atomic mass is 16.4. The Morgan fingerprint density at radius 3 is 1.95 bits per heavy atom. The van der Waals surface area contributed by atoms with Gasteiger partial charge in [-0.25, -0.2) is 0 Å². The Morgan fingerprint density at radius 1 is 0.950 bits per heavy atom. The molecule has 2 rings (SSSR count). The number of carbonyl (C=O) groups excluding carboxylic acids is 2. The van der Waals surface area contributed by atoms with Crippen molar-refractivity contribution >= 4 is 17.8 Å². The highest BCUT2D eigenvalue weighted by Crippen LogP contribution is 2.37. The van der Waals surface area contributed by atoms with E-state index in [-0.39, 0.29) is 17.7 Å². The van der Waals surface area contributed by atoms with Crippen LogP contribution < -0.4 is 0 Å². The zero-order chi connectivity index (χ0) is 14.9. The standard InChI is InChI=1S/C14H22N2O4/c1-9-7-11(12(8-9)14(19)20)13(18)16-5-3-15(4-6-16)10(2)17/h9,11-12H,3-8H2,1-2H3,(H,19,20). The molecule has 1 N–H and O–H groups in total. The first-order chi connectivity index (χ1) is 9.40. The normalized spacial score (nSPS) is 30.4. The van der Waals surface area contributed by atoms with Crippen LogP contribution in [0.15, 0.2) is 0 Å². The molecule has 1 saturated carbocycles. The van der Waals surface area contributed by atoms with E-state index >= 15 is 0 Å². The fraction of sp³-hybridized carbons (Fsp3) is 0.786. The summed E-state index contributed by atoms with van der Waals surface area (Å²) in [4.78, 5) is 38.5. The largest absolute Gasteiger partial charge is 0.481 e. The second-order valence-electron chi connectivity index (χ2n) is 5.96. The second kappa shape index (κ2) is 5.81. The van der Waals surface area contributed by atoms with Crippen molar-refractivity contribution in [1.29, 1.82) is 0 Å². The third kappa shape index (κ3) is 2.94. The zero-order valence-corrected chi connectivity index (χ0v) is 12.0. The molecule has 2 amide bonds. The number of amides is 2. The molecule has 112 valence electrons. The third-order valence-corrected chi connectivity index (χ3v) is 4.47. The maximum atomic E-state index is 12.5. The van der Waals surface area contributed by atoms with Gasteiger partial charge in [-0.3, -0.25) is 14.4 Å². The predicted molar refractivity (Wildman–Crippen MR) is 71.8 cm³/mol. The highest BCUT2D eigenvalue weighted by Gasteiger charge is 2.43. The minimum Gasteiger partial charge on any atom is -0.481 e. The van der Waals surface area contributed by atoms with E-state index in [0.717, 1.165) is 0 Å². The monoisotopic (exact) mass is 282 g/mol. The summed E-state index contributed by atoms with van der Waals surface area (Å²) in [5.41, 5.74) is 0. The summed E-state index contributed by atoms with van der Waals surface area (Å²) >= 11 is 0. The van der Waals surface area contributed by atoms with Crippen molar-refractivity contribution in [1.82, 2.24) is 9.80 Å². The van der Waals surface area contributed by atoms with E-state index in [4.69, 9.17) is 0 Å². The van der Waals surface area contributed by atoms with Crippen molar-refractivity contribution in [2.45, 2.75) is 26.7 Å². The van der Waals surface area contributed by atoms with Crippen LogP contribution in [-0.2, 0) is 14.4 Å². The number of carboxylic acid groups (broad SMARTS) is 1. The summed E-state index contributed by atoms with van der Waals surface area (Å²) in [6.45, 7) is 5.63. The number of nitrogens with zero attached hydrogens (tertiary/aromatic N) is 2. The van der Waals surface area contributed by atoms with Crippen LogP contribution in [0.4, 0.5) is 0 Å². The first-order valence-corrected chi connectivity index (χ1v) is 7.17. The third-order valence-electron chi connectivity index (χ3n) is 4.47. The lowest BCUT2D eigenvalue weighted by atomic mass is 9.94. The molecule has 1 aliphatic carbocycles. The summed E-state index contributed by atoms with van der Waals surface area (Å²) in [5, 5.41) is 9.24. The number of aliphatic carboxylic acids is 1. The van der Waals surface area contributed by atoms with Gasteiger partial charge in [0.15, 0.2) is 0 Å². The van der Waals surface area contributed by atoms with Gasteiger partial charge in [0, 0.05) is 33.1 Å². The van der Waals surface area contributed by atoms with Gasteiger partial charge in [0.1, 0.15) is 0 Å². The fourth-order valence-corrected chi connectivity index (χ4v) is 3.31. The average Bonchev–Trinajstić information content (AvgIpc) is 2.80. The average molecular weight is 282 g/mol. The van der Waals surface area contributed by atoms with Gasteiger partial charge in [-0.1, -0.05) is 6.92 Å². The van der Waals surface area contributed by atoms with Gasteiger partial charge in [0.25, 0.3) is 0 Å². The van der Waals surface area contributed by atoms with Gasteiger partial charge in [-0.2, -0.15) is 0 Å². The van der Waals surface area contributed by atoms with Crippen molar-refractivity contribution in [3.8, 4) is 0 Å². The lowest BCUT2D eigenvalue weighted by molar-refractivity contribution is -0.150.